The molecule has 0 aromatic carbocycles. The Bertz CT molecular complexity index is 477. The second-order valence-corrected chi connectivity index (χ2v) is 4.71. The van der Waals surface area contributed by atoms with Crippen LogP contribution in [-0.2, 0) is 13.6 Å². The van der Waals surface area contributed by atoms with Crippen molar-refractivity contribution < 1.29 is 0 Å². The van der Waals surface area contributed by atoms with Crippen LogP contribution >= 0.6 is 23.3 Å². The van der Waals surface area contributed by atoms with Crippen LogP contribution in [0, 0.1) is 0 Å². The Kier molecular flexibility index (Phi) is 3.30. The molecule has 0 saturated carbocycles. The zero-order valence-electron chi connectivity index (χ0n) is 8.97. The lowest BCUT2D eigenvalue weighted by Gasteiger charge is -2.02. The number of nitrogens with one attached hydrogen (secondary N) is 1. The lowest BCUT2D eigenvalue weighted by Crippen LogP contribution is -2.01. The van der Waals surface area contributed by atoms with E-state index < -0.39 is 0 Å². The van der Waals surface area contributed by atoms with E-state index in [1.54, 1.807) is 22.8 Å². The molecule has 0 unspecified atom stereocenters. The molecule has 0 spiro atoms. The fourth-order valence-electron chi connectivity index (χ4n) is 1.23. The van der Waals surface area contributed by atoms with E-state index in [1.165, 1.54) is 11.5 Å². The molecular weight excluding hydrogens is 244 g/mol. The van der Waals surface area contributed by atoms with E-state index in [0.29, 0.717) is 12.4 Å². The number of nitrogens with zero attached hydrogens (tertiary/aromatic N) is 4. The van der Waals surface area contributed by atoms with E-state index in [0.717, 1.165) is 15.7 Å². The third kappa shape index (κ3) is 2.27. The molecule has 6 nitrogen and oxygen atoms in total. The van der Waals surface area contributed by atoms with E-state index in [4.69, 9.17) is 5.73 Å². The van der Waals surface area contributed by atoms with Crippen LogP contribution in [0.2, 0.25) is 0 Å². The average molecular weight is 256 g/mol. The summed E-state index contributed by atoms with van der Waals surface area (Å²) in [7, 11) is 1.84. The summed E-state index contributed by atoms with van der Waals surface area (Å²) in [5.74, 6) is 1.33. The molecule has 2 heterocycles. The largest absolute Gasteiger partial charge is 0.382 e. The van der Waals surface area contributed by atoms with E-state index >= 15 is 0 Å². The Hall–Kier alpha value is -1.28. The van der Waals surface area contributed by atoms with Gasteiger partial charge in [0.25, 0.3) is 0 Å². The number of hydrogen-bond donors (Lipinski definition) is 2. The van der Waals surface area contributed by atoms with Crippen LogP contribution in [0.3, 0.4) is 0 Å². The minimum absolute atomic E-state index is 0.578. The van der Waals surface area contributed by atoms with Gasteiger partial charge < -0.3 is 11.1 Å². The molecule has 3 N–H and O–H groups in total. The molecule has 16 heavy (non-hydrogen) atoms. The first-order valence-corrected chi connectivity index (χ1v) is 6.58. The maximum Gasteiger partial charge on any atom is 0.169 e. The molecule has 0 fully saturated rings. The van der Waals surface area contributed by atoms with E-state index in [2.05, 4.69) is 19.8 Å². The predicted molar refractivity (Wildman–Crippen MR) is 66.6 cm³/mol. The summed E-state index contributed by atoms with van der Waals surface area (Å²) in [6.07, 6.45) is 3.65. The first kappa shape index (κ1) is 11.2. The van der Waals surface area contributed by atoms with Gasteiger partial charge >= 0.3 is 0 Å². The van der Waals surface area contributed by atoms with Crippen molar-refractivity contribution in [2.45, 2.75) is 11.4 Å². The number of anilines is 2. The molecule has 2 aromatic heterocycles. The summed E-state index contributed by atoms with van der Waals surface area (Å²) in [4.78, 5) is 5.12. The molecule has 86 valence electrons. The summed E-state index contributed by atoms with van der Waals surface area (Å²) >= 11 is 2.94. The van der Waals surface area contributed by atoms with Gasteiger partial charge in [0.2, 0.25) is 0 Å². The highest BCUT2D eigenvalue weighted by molar-refractivity contribution is 7.99. The van der Waals surface area contributed by atoms with Crippen LogP contribution in [0.25, 0.3) is 0 Å². The van der Waals surface area contributed by atoms with Crippen LogP contribution in [0.1, 0.15) is 5.82 Å². The predicted octanol–water partition coefficient (Wildman–Crippen LogP) is 1.19. The highest BCUT2D eigenvalue weighted by atomic mass is 32.2. The van der Waals surface area contributed by atoms with Crippen molar-refractivity contribution >= 4 is 34.1 Å². The highest BCUT2D eigenvalue weighted by Crippen LogP contribution is 2.34. The normalized spacial score (nSPS) is 10.6. The van der Waals surface area contributed by atoms with Crippen LogP contribution in [-0.4, -0.2) is 25.4 Å². The number of hydrogen-bond acceptors (Lipinski definition) is 7. The average Bonchev–Trinajstić information content (AvgIpc) is 2.82. The van der Waals surface area contributed by atoms with Gasteiger partial charge in [0.1, 0.15) is 11.3 Å². The Morgan fingerprint density at radius 3 is 3.06 bits per heavy atom. The molecule has 0 atom stereocenters. The molecule has 0 aliphatic heterocycles. The topological polar surface area (TPSA) is 81.6 Å². The van der Waals surface area contributed by atoms with Gasteiger partial charge in [-0.05, 0) is 17.8 Å². The lowest BCUT2D eigenvalue weighted by atomic mass is 10.5. The van der Waals surface area contributed by atoms with Crippen molar-refractivity contribution in [3.05, 3.63) is 12.2 Å². The quantitative estimate of drug-likeness (QED) is 0.800. The molecule has 0 bridgehead atoms. The third-order valence-corrected chi connectivity index (χ3v) is 3.70. The Morgan fingerprint density at radius 2 is 2.44 bits per heavy atom. The number of nitrogens with two attached hydrogens (primary N) is 1. The molecule has 0 aliphatic rings. The number of aryl methyl sites for hydroxylation is 1. The summed E-state index contributed by atoms with van der Waals surface area (Å²) in [5.41, 5.74) is 5.73. The zero-order valence-corrected chi connectivity index (χ0v) is 10.6. The van der Waals surface area contributed by atoms with Gasteiger partial charge in [-0.3, -0.25) is 4.68 Å². The Labute approximate surface area is 101 Å². The third-order valence-electron chi connectivity index (χ3n) is 1.93. The van der Waals surface area contributed by atoms with Gasteiger partial charge in [-0.15, -0.1) is 11.8 Å². The maximum atomic E-state index is 5.73. The SMILES string of the molecule is CSc1c(N)nsc1NCc1ncn(C)n1. The van der Waals surface area contributed by atoms with Gasteiger partial charge in [0.05, 0.1) is 11.4 Å². The fourth-order valence-corrected chi connectivity index (χ4v) is 2.77. The molecule has 0 aliphatic carbocycles. The lowest BCUT2D eigenvalue weighted by molar-refractivity contribution is 0.747. The zero-order chi connectivity index (χ0) is 11.5. The second kappa shape index (κ2) is 4.71. The smallest absolute Gasteiger partial charge is 0.169 e. The summed E-state index contributed by atoms with van der Waals surface area (Å²) in [6.45, 7) is 0.579. The van der Waals surface area contributed by atoms with Gasteiger partial charge in [-0.2, -0.15) is 9.47 Å². The van der Waals surface area contributed by atoms with Crippen LogP contribution < -0.4 is 11.1 Å². The van der Waals surface area contributed by atoms with Crippen molar-refractivity contribution in [2.75, 3.05) is 17.3 Å². The van der Waals surface area contributed by atoms with Gasteiger partial charge in [0.15, 0.2) is 11.6 Å². The summed E-state index contributed by atoms with van der Waals surface area (Å²) in [6, 6.07) is 0. The van der Waals surface area contributed by atoms with Crippen molar-refractivity contribution in [2.24, 2.45) is 7.05 Å². The van der Waals surface area contributed by atoms with Crippen LogP contribution in [0.4, 0.5) is 10.8 Å². The van der Waals surface area contributed by atoms with Crippen LogP contribution in [0.15, 0.2) is 11.2 Å². The molecule has 2 rings (SSSR count). The Balaban J connectivity index is 2.04. The number of rotatable bonds is 4. The molecular formula is C8H12N6S2. The van der Waals surface area contributed by atoms with E-state index in [-0.39, 0.29) is 0 Å². The molecule has 0 radical (unpaired) electrons. The number of aromatic nitrogens is 4. The van der Waals surface area contributed by atoms with Crippen LogP contribution in [0.5, 0.6) is 0 Å². The second-order valence-electron chi connectivity index (χ2n) is 3.12. The molecule has 2 aromatic rings. The van der Waals surface area contributed by atoms with Gasteiger partial charge in [0, 0.05) is 7.05 Å². The first-order chi connectivity index (χ1) is 7.70. The molecule has 0 saturated heterocycles. The van der Waals surface area contributed by atoms with Gasteiger partial charge in [-0.1, -0.05) is 0 Å². The van der Waals surface area contributed by atoms with E-state index in [1.807, 2.05) is 13.3 Å². The van der Waals surface area contributed by atoms with Crippen molar-refractivity contribution in [3.8, 4) is 0 Å². The standard InChI is InChI=1S/C8H12N6S2/c1-14-4-11-5(12-14)3-10-8-6(15-2)7(9)13-16-8/h4,10H,3H2,1-2H3,(H2,9,13). The van der Waals surface area contributed by atoms with Gasteiger partial charge in [-0.25, -0.2) is 4.98 Å². The molecule has 0 amide bonds. The minimum Gasteiger partial charge on any atom is -0.382 e. The number of nitrogen functional groups attached to an aromatic ring is 1. The first-order valence-electron chi connectivity index (χ1n) is 4.58. The Morgan fingerprint density at radius 1 is 1.62 bits per heavy atom. The summed E-state index contributed by atoms with van der Waals surface area (Å²) in [5, 5.41) is 8.38. The van der Waals surface area contributed by atoms with Crippen molar-refractivity contribution in [3.63, 3.8) is 0 Å². The van der Waals surface area contributed by atoms with Crippen molar-refractivity contribution in [1.29, 1.82) is 0 Å². The number of thioether (sulfide) groups is 1. The molecule has 8 heteroatoms. The van der Waals surface area contributed by atoms with Crippen molar-refractivity contribution in [1.82, 2.24) is 19.1 Å². The maximum absolute atomic E-state index is 5.73. The monoisotopic (exact) mass is 256 g/mol. The highest BCUT2D eigenvalue weighted by Gasteiger charge is 2.10. The fraction of sp³-hybridized carbons (Fsp3) is 0.375. The van der Waals surface area contributed by atoms with E-state index in [9.17, 15) is 0 Å². The summed E-state index contributed by atoms with van der Waals surface area (Å²) < 4.78 is 5.77. The minimum atomic E-state index is 0.578.